The lowest BCUT2D eigenvalue weighted by Crippen LogP contribution is -1.98. The Bertz CT molecular complexity index is 590. The van der Waals surface area contributed by atoms with Gasteiger partial charge >= 0.3 is 0 Å². The van der Waals surface area contributed by atoms with E-state index in [4.69, 9.17) is 34.8 Å². The van der Waals surface area contributed by atoms with Crippen molar-refractivity contribution in [1.29, 1.82) is 0 Å². The first-order valence-corrected chi connectivity index (χ1v) is 6.52. The molecule has 2 aromatic rings. The van der Waals surface area contributed by atoms with Crippen LogP contribution in [0.25, 0.3) is 5.69 Å². The molecule has 1 aromatic heterocycles. The molecule has 0 bridgehead atoms. The Balaban J connectivity index is 2.12. The molecule has 0 aliphatic heterocycles. The molecule has 0 saturated carbocycles. The Morgan fingerprint density at radius 2 is 1.88 bits per heavy atom. The fraction of sp³-hybridized carbons (Fsp3) is 0.250. The summed E-state index contributed by atoms with van der Waals surface area (Å²) < 4.78 is 1.73. The molecule has 1 heterocycles. The smallest absolute Gasteiger partial charge is 0.136 e. The highest BCUT2D eigenvalue weighted by Crippen LogP contribution is 2.32. The van der Waals surface area contributed by atoms with Crippen LogP contribution in [0.15, 0.2) is 18.2 Å². The zero-order chi connectivity index (χ0) is 12.0. The molecule has 0 unspecified atom stereocenters. The van der Waals surface area contributed by atoms with Crippen LogP contribution in [0.2, 0.25) is 15.2 Å². The molecule has 0 atom stereocenters. The molecule has 1 aliphatic rings. The van der Waals surface area contributed by atoms with Crippen LogP contribution in [0, 0.1) is 0 Å². The predicted octanol–water partition coefficient (Wildman–Crippen LogP) is 4.32. The minimum absolute atomic E-state index is 0.510. The van der Waals surface area contributed by atoms with Gasteiger partial charge in [0.25, 0.3) is 0 Å². The molecule has 0 fully saturated rings. The largest absolute Gasteiger partial charge is 0.222 e. The zero-order valence-electron chi connectivity index (χ0n) is 8.88. The number of nitrogens with zero attached hydrogens (tertiary/aromatic N) is 2. The lowest BCUT2D eigenvalue weighted by atomic mass is 10.3. The van der Waals surface area contributed by atoms with Crippen LogP contribution >= 0.6 is 34.8 Å². The summed E-state index contributed by atoms with van der Waals surface area (Å²) in [6.07, 6.45) is 3.15. The van der Waals surface area contributed by atoms with E-state index in [9.17, 15) is 0 Å². The van der Waals surface area contributed by atoms with Crippen molar-refractivity contribution in [1.82, 2.24) is 9.78 Å². The first-order chi connectivity index (χ1) is 8.16. The third-order valence-electron chi connectivity index (χ3n) is 2.99. The van der Waals surface area contributed by atoms with Gasteiger partial charge in [0.2, 0.25) is 0 Å². The molecule has 0 spiro atoms. The van der Waals surface area contributed by atoms with Gasteiger partial charge in [-0.25, -0.2) is 4.68 Å². The topological polar surface area (TPSA) is 17.8 Å². The van der Waals surface area contributed by atoms with E-state index in [1.165, 1.54) is 0 Å². The van der Waals surface area contributed by atoms with Crippen LogP contribution < -0.4 is 0 Å². The van der Waals surface area contributed by atoms with Crippen LogP contribution in [0.3, 0.4) is 0 Å². The minimum atomic E-state index is 0.510. The van der Waals surface area contributed by atoms with Gasteiger partial charge in [0.1, 0.15) is 5.15 Å². The molecule has 0 N–H and O–H groups in total. The van der Waals surface area contributed by atoms with E-state index < -0.39 is 0 Å². The van der Waals surface area contributed by atoms with Crippen molar-refractivity contribution in [2.75, 3.05) is 0 Å². The highest BCUT2D eigenvalue weighted by Gasteiger charge is 2.21. The lowest BCUT2D eigenvalue weighted by Gasteiger charge is -2.05. The Hall–Kier alpha value is -0.700. The molecule has 3 rings (SSSR count). The number of fused-ring (bicyclic) bond motifs is 1. The highest BCUT2D eigenvalue weighted by atomic mass is 35.5. The summed E-state index contributed by atoms with van der Waals surface area (Å²) in [5, 5.41) is 6.25. The SMILES string of the molecule is Clc1ccc(-n2nc3c(c2Cl)CCC3)cc1Cl. The molecule has 88 valence electrons. The highest BCUT2D eigenvalue weighted by molar-refractivity contribution is 6.42. The Labute approximate surface area is 114 Å². The van der Waals surface area contributed by atoms with Crippen molar-refractivity contribution in [3.63, 3.8) is 0 Å². The van der Waals surface area contributed by atoms with Gasteiger partial charge in [-0.1, -0.05) is 34.8 Å². The van der Waals surface area contributed by atoms with Gasteiger partial charge in [-0.15, -0.1) is 0 Å². The van der Waals surface area contributed by atoms with Gasteiger partial charge in [0, 0.05) is 5.56 Å². The molecule has 0 radical (unpaired) electrons. The Kier molecular flexibility index (Phi) is 2.81. The van der Waals surface area contributed by atoms with Crippen LogP contribution in [0.1, 0.15) is 17.7 Å². The summed E-state index contributed by atoms with van der Waals surface area (Å²) in [5.74, 6) is 0. The molecule has 5 heteroatoms. The monoisotopic (exact) mass is 286 g/mol. The van der Waals surface area contributed by atoms with Crippen LogP contribution in [0.5, 0.6) is 0 Å². The number of benzene rings is 1. The third-order valence-corrected chi connectivity index (χ3v) is 4.12. The zero-order valence-corrected chi connectivity index (χ0v) is 11.1. The summed E-state index contributed by atoms with van der Waals surface area (Å²) in [7, 11) is 0. The second-order valence-corrected chi connectivity index (χ2v) is 5.25. The number of aromatic nitrogens is 2. The number of rotatable bonds is 1. The maximum atomic E-state index is 6.32. The van der Waals surface area contributed by atoms with Crippen molar-refractivity contribution in [2.24, 2.45) is 0 Å². The van der Waals surface area contributed by atoms with E-state index in [1.807, 2.05) is 6.07 Å². The molecule has 17 heavy (non-hydrogen) atoms. The van der Waals surface area contributed by atoms with Crippen molar-refractivity contribution < 1.29 is 0 Å². The van der Waals surface area contributed by atoms with Gasteiger partial charge in [-0.05, 0) is 37.5 Å². The van der Waals surface area contributed by atoms with E-state index in [-0.39, 0.29) is 0 Å². The number of hydrogen-bond acceptors (Lipinski definition) is 1. The summed E-state index contributed by atoms with van der Waals surface area (Å²) in [6.45, 7) is 0. The van der Waals surface area contributed by atoms with Gasteiger partial charge in [0.15, 0.2) is 0 Å². The van der Waals surface area contributed by atoms with Gasteiger partial charge in [-0.3, -0.25) is 0 Å². The quantitative estimate of drug-likeness (QED) is 0.764. The average Bonchev–Trinajstić information content (AvgIpc) is 2.86. The average molecular weight is 288 g/mol. The first kappa shape index (κ1) is 11.4. The van der Waals surface area contributed by atoms with E-state index in [0.29, 0.717) is 15.2 Å². The Morgan fingerprint density at radius 3 is 2.59 bits per heavy atom. The van der Waals surface area contributed by atoms with E-state index >= 15 is 0 Å². The molecule has 1 aliphatic carbocycles. The molecule has 0 amide bonds. The lowest BCUT2D eigenvalue weighted by molar-refractivity contribution is 0.801. The third kappa shape index (κ3) is 1.85. The second kappa shape index (κ2) is 4.20. The van der Waals surface area contributed by atoms with Gasteiger partial charge in [0.05, 0.1) is 21.4 Å². The second-order valence-electron chi connectivity index (χ2n) is 4.08. The standard InChI is InChI=1S/C12H9Cl3N2/c13-9-5-4-7(6-10(9)14)17-12(15)8-2-1-3-11(8)16-17/h4-6H,1-3H2. The predicted molar refractivity (Wildman–Crippen MR) is 70.6 cm³/mol. The normalized spacial score (nSPS) is 14.1. The Morgan fingerprint density at radius 1 is 1.06 bits per heavy atom. The van der Waals surface area contributed by atoms with Crippen LogP contribution in [-0.4, -0.2) is 9.78 Å². The maximum absolute atomic E-state index is 6.32. The summed E-state index contributed by atoms with van der Waals surface area (Å²) in [6, 6.07) is 5.39. The van der Waals surface area contributed by atoms with Gasteiger partial charge < -0.3 is 0 Å². The number of halogens is 3. The minimum Gasteiger partial charge on any atom is -0.222 e. The van der Waals surface area contributed by atoms with E-state index in [0.717, 1.165) is 36.2 Å². The van der Waals surface area contributed by atoms with E-state index in [2.05, 4.69) is 5.10 Å². The van der Waals surface area contributed by atoms with Crippen molar-refractivity contribution >= 4 is 34.8 Å². The van der Waals surface area contributed by atoms with E-state index in [1.54, 1.807) is 16.8 Å². The number of aryl methyl sites for hydroxylation is 1. The molecule has 0 saturated heterocycles. The van der Waals surface area contributed by atoms with Gasteiger partial charge in [-0.2, -0.15) is 5.10 Å². The van der Waals surface area contributed by atoms with Crippen molar-refractivity contribution in [3.05, 3.63) is 44.7 Å². The summed E-state index contributed by atoms with van der Waals surface area (Å²) in [4.78, 5) is 0. The fourth-order valence-corrected chi connectivity index (χ4v) is 2.77. The summed E-state index contributed by atoms with van der Waals surface area (Å²) in [5.41, 5.74) is 3.11. The van der Waals surface area contributed by atoms with Crippen LogP contribution in [-0.2, 0) is 12.8 Å². The molecule has 2 nitrogen and oxygen atoms in total. The van der Waals surface area contributed by atoms with Crippen molar-refractivity contribution in [3.8, 4) is 5.69 Å². The molecular weight excluding hydrogens is 279 g/mol. The van der Waals surface area contributed by atoms with Crippen LogP contribution in [0.4, 0.5) is 0 Å². The molecule has 1 aromatic carbocycles. The summed E-state index contributed by atoms with van der Waals surface area (Å²) >= 11 is 18.2. The fourth-order valence-electron chi connectivity index (χ4n) is 2.14. The first-order valence-electron chi connectivity index (χ1n) is 5.38. The number of hydrogen-bond donors (Lipinski definition) is 0. The molecular formula is C12H9Cl3N2. The van der Waals surface area contributed by atoms with Crippen molar-refractivity contribution in [2.45, 2.75) is 19.3 Å². The maximum Gasteiger partial charge on any atom is 0.136 e.